The van der Waals surface area contributed by atoms with Gasteiger partial charge in [-0.15, -0.1) is 0 Å². The van der Waals surface area contributed by atoms with E-state index in [2.05, 4.69) is 5.32 Å². The van der Waals surface area contributed by atoms with E-state index in [0.29, 0.717) is 19.6 Å². The summed E-state index contributed by atoms with van der Waals surface area (Å²) in [4.78, 5) is 14.3. The highest BCUT2D eigenvalue weighted by atomic mass is 32.2. The van der Waals surface area contributed by atoms with E-state index < -0.39 is 9.84 Å². The number of hydrogen-bond acceptors (Lipinski definition) is 4. The van der Waals surface area contributed by atoms with E-state index in [4.69, 9.17) is 0 Å². The van der Waals surface area contributed by atoms with E-state index in [9.17, 15) is 13.2 Å². The van der Waals surface area contributed by atoms with Gasteiger partial charge in [0, 0.05) is 26.2 Å². The fraction of sp³-hybridized carbons (Fsp3) is 0.500. The topological polar surface area (TPSA) is 66.5 Å². The average molecular weight is 294 g/mol. The fourth-order valence-corrected chi connectivity index (χ4v) is 4.07. The number of nitrogens with one attached hydrogen (secondary N) is 1. The Labute approximate surface area is 118 Å². The molecule has 0 radical (unpaired) electrons. The molecule has 0 spiro atoms. The van der Waals surface area contributed by atoms with Crippen LogP contribution in [0.4, 0.5) is 0 Å². The Morgan fingerprint density at radius 2 is 1.90 bits per heavy atom. The summed E-state index contributed by atoms with van der Waals surface area (Å²) >= 11 is 0. The quantitative estimate of drug-likeness (QED) is 0.799. The number of sulfone groups is 1. The molecule has 1 unspecified atom stereocenters. The van der Waals surface area contributed by atoms with Crippen LogP contribution in [0, 0.1) is 0 Å². The molecular weight excluding hydrogens is 276 g/mol. The molecule has 108 valence electrons. The van der Waals surface area contributed by atoms with Crippen molar-refractivity contribution < 1.29 is 13.2 Å². The van der Waals surface area contributed by atoms with Crippen LogP contribution >= 0.6 is 0 Å². The minimum absolute atomic E-state index is 0.0413. The first kappa shape index (κ1) is 13.6. The maximum absolute atomic E-state index is 12.6. The lowest BCUT2D eigenvalue weighted by Gasteiger charge is -2.33. The molecule has 5 nitrogen and oxygen atoms in total. The first-order valence-corrected chi connectivity index (χ1v) is 8.67. The Balaban J connectivity index is 1.79. The molecule has 1 N–H and O–H groups in total. The number of hydrogen-bond donors (Lipinski definition) is 1. The van der Waals surface area contributed by atoms with Crippen molar-refractivity contribution in [1.82, 2.24) is 10.2 Å². The number of carbonyl (C=O) groups excluding carboxylic acids is 1. The summed E-state index contributed by atoms with van der Waals surface area (Å²) in [5, 5.41) is 3.26. The molecule has 1 aromatic rings. The van der Waals surface area contributed by atoms with Crippen LogP contribution in [0.25, 0.3) is 0 Å². The third-order valence-corrected chi connectivity index (χ3v) is 5.66. The molecule has 6 heteroatoms. The zero-order valence-corrected chi connectivity index (χ0v) is 12.0. The summed E-state index contributed by atoms with van der Waals surface area (Å²) in [6, 6.07) is 7.95. The molecule has 20 heavy (non-hydrogen) atoms. The summed E-state index contributed by atoms with van der Waals surface area (Å²) in [5.74, 6) is 0.0152. The van der Waals surface area contributed by atoms with Crippen molar-refractivity contribution in [2.45, 2.75) is 12.5 Å². The minimum Gasteiger partial charge on any atom is -0.340 e. The lowest BCUT2D eigenvalue weighted by atomic mass is 9.90. The van der Waals surface area contributed by atoms with Gasteiger partial charge in [0.05, 0.1) is 17.4 Å². The van der Waals surface area contributed by atoms with E-state index in [1.807, 2.05) is 24.3 Å². The van der Waals surface area contributed by atoms with Gasteiger partial charge in [-0.2, -0.15) is 0 Å². The Morgan fingerprint density at radius 1 is 1.20 bits per heavy atom. The minimum atomic E-state index is -2.95. The highest BCUT2D eigenvalue weighted by Crippen LogP contribution is 2.26. The SMILES string of the molecule is O=C(C1CNCc2ccccc21)N1CCS(=O)(=O)CC1. The normalized spacial score (nSPS) is 25.0. The Hall–Kier alpha value is -1.40. The van der Waals surface area contributed by atoms with Gasteiger partial charge in [0.25, 0.3) is 0 Å². The lowest BCUT2D eigenvalue weighted by Crippen LogP contribution is -2.48. The van der Waals surface area contributed by atoms with Crippen molar-refractivity contribution in [2.75, 3.05) is 31.1 Å². The maximum Gasteiger partial charge on any atom is 0.231 e. The molecule has 0 saturated carbocycles. The van der Waals surface area contributed by atoms with E-state index >= 15 is 0 Å². The number of rotatable bonds is 1. The molecule has 1 saturated heterocycles. The van der Waals surface area contributed by atoms with Gasteiger partial charge in [0.1, 0.15) is 0 Å². The number of benzene rings is 1. The maximum atomic E-state index is 12.6. The van der Waals surface area contributed by atoms with E-state index in [-0.39, 0.29) is 23.3 Å². The van der Waals surface area contributed by atoms with Gasteiger partial charge >= 0.3 is 0 Å². The number of fused-ring (bicyclic) bond motifs is 1. The highest BCUT2D eigenvalue weighted by molar-refractivity contribution is 7.91. The summed E-state index contributed by atoms with van der Waals surface area (Å²) in [6.45, 7) is 2.05. The Morgan fingerprint density at radius 3 is 2.65 bits per heavy atom. The van der Waals surface area contributed by atoms with Crippen LogP contribution in [0.5, 0.6) is 0 Å². The van der Waals surface area contributed by atoms with Crippen molar-refractivity contribution in [2.24, 2.45) is 0 Å². The third-order valence-electron chi connectivity index (χ3n) is 4.05. The second kappa shape index (κ2) is 5.18. The molecule has 2 aliphatic rings. The van der Waals surface area contributed by atoms with Crippen LogP contribution in [0.15, 0.2) is 24.3 Å². The molecule has 3 rings (SSSR count). The van der Waals surface area contributed by atoms with Gasteiger partial charge in [-0.1, -0.05) is 24.3 Å². The van der Waals surface area contributed by atoms with Crippen LogP contribution in [0.2, 0.25) is 0 Å². The second-order valence-corrected chi connectivity index (χ2v) is 7.66. The van der Waals surface area contributed by atoms with Crippen molar-refractivity contribution in [1.29, 1.82) is 0 Å². The van der Waals surface area contributed by atoms with Gasteiger partial charge in [-0.3, -0.25) is 4.79 Å². The van der Waals surface area contributed by atoms with Gasteiger partial charge in [0.2, 0.25) is 5.91 Å². The second-order valence-electron chi connectivity index (χ2n) is 5.36. The van der Waals surface area contributed by atoms with E-state index in [1.165, 1.54) is 0 Å². The van der Waals surface area contributed by atoms with Crippen molar-refractivity contribution in [3.8, 4) is 0 Å². The highest BCUT2D eigenvalue weighted by Gasteiger charge is 2.32. The number of carbonyl (C=O) groups is 1. The van der Waals surface area contributed by atoms with Gasteiger partial charge in [0.15, 0.2) is 9.84 Å². The smallest absolute Gasteiger partial charge is 0.231 e. The molecule has 1 aromatic carbocycles. The van der Waals surface area contributed by atoms with E-state index in [0.717, 1.165) is 17.7 Å². The van der Waals surface area contributed by atoms with Crippen LogP contribution < -0.4 is 5.32 Å². The first-order valence-electron chi connectivity index (χ1n) is 6.84. The molecule has 0 bridgehead atoms. The van der Waals surface area contributed by atoms with Crippen molar-refractivity contribution in [3.05, 3.63) is 35.4 Å². The monoisotopic (exact) mass is 294 g/mol. The molecule has 2 heterocycles. The predicted molar refractivity (Wildman–Crippen MR) is 76.1 cm³/mol. The van der Waals surface area contributed by atoms with Crippen LogP contribution in [0.3, 0.4) is 0 Å². The molecule has 0 aliphatic carbocycles. The lowest BCUT2D eigenvalue weighted by molar-refractivity contribution is -0.132. The molecule has 0 aromatic heterocycles. The Bertz CT molecular complexity index is 613. The summed E-state index contributed by atoms with van der Waals surface area (Å²) in [7, 11) is -2.95. The third kappa shape index (κ3) is 2.58. The molecule has 1 amide bonds. The summed E-state index contributed by atoms with van der Waals surface area (Å²) in [6.07, 6.45) is 0. The number of amides is 1. The van der Waals surface area contributed by atoms with Crippen molar-refractivity contribution >= 4 is 15.7 Å². The molecule has 1 fully saturated rings. The number of nitrogens with zero attached hydrogens (tertiary/aromatic N) is 1. The molecular formula is C14H18N2O3S. The van der Waals surface area contributed by atoms with Gasteiger partial charge in [-0.05, 0) is 11.1 Å². The van der Waals surface area contributed by atoms with Gasteiger partial charge in [-0.25, -0.2) is 8.42 Å². The molecule has 1 atom stereocenters. The largest absolute Gasteiger partial charge is 0.340 e. The van der Waals surface area contributed by atoms with E-state index in [1.54, 1.807) is 4.90 Å². The van der Waals surface area contributed by atoms with Crippen LogP contribution in [-0.2, 0) is 21.2 Å². The first-order chi connectivity index (χ1) is 9.57. The molecule has 2 aliphatic heterocycles. The standard InChI is InChI=1S/C14H18N2O3S/c17-14(16-5-7-20(18,19)8-6-16)13-10-15-9-11-3-1-2-4-12(11)13/h1-4,13,15H,5-10H2. The van der Waals surface area contributed by atoms with Gasteiger partial charge < -0.3 is 10.2 Å². The summed E-state index contributed by atoms with van der Waals surface area (Å²) < 4.78 is 22.9. The summed E-state index contributed by atoms with van der Waals surface area (Å²) in [5.41, 5.74) is 2.23. The van der Waals surface area contributed by atoms with Crippen LogP contribution in [0.1, 0.15) is 17.0 Å². The fourth-order valence-electron chi connectivity index (χ4n) is 2.87. The van der Waals surface area contributed by atoms with Crippen molar-refractivity contribution in [3.63, 3.8) is 0 Å². The Kier molecular flexibility index (Phi) is 3.52. The predicted octanol–water partition coefficient (Wildman–Crippen LogP) is 0.130. The van der Waals surface area contributed by atoms with Crippen LogP contribution in [-0.4, -0.2) is 50.4 Å². The average Bonchev–Trinajstić information content (AvgIpc) is 2.46. The zero-order valence-electron chi connectivity index (χ0n) is 11.2. The zero-order chi connectivity index (χ0) is 14.2.